The van der Waals surface area contributed by atoms with Crippen LogP contribution in [0.5, 0.6) is 0 Å². The lowest BCUT2D eigenvalue weighted by atomic mass is 9.89. The number of carboxylic acid groups (broad SMARTS) is 1. The maximum absolute atomic E-state index is 12.6. The van der Waals surface area contributed by atoms with Gasteiger partial charge < -0.3 is 24.2 Å². The Bertz CT molecular complexity index is 890. The number of benzene rings is 1. The van der Waals surface area contributed by atoms with Gasteiger partial charge in [0.2, 0.25) is 0 Å². The number of nitro benzene ring substituents is 1. The largest absolute Gasteiger partial charge is 0.511 e. The summed E-state index contributed by atoms with van der Waals surface area (Å²) in [6.07, 6.45) is -1.59. The van der Waals surface area contributed by atoms with Crippen LogP contribution in [0.4, 0.5) is 10.5 Å². The molecule has 0 aliphatic carbocycles. The second-order valence-corrected chi connectivity index (χ2v) is 6.14. The molecule has 1 heterocycles. The van der Waals surface area contributed by atoms with Crippen LogP contribution in [0.2, 0.25) is 0 Å². The molecule has 0 spiro atoms. The number of carbonyl (C=O) groups excluding carboxylic acids is 1. The summed E-state index contributed by atoms with van der Waals surface area (Å²) in [6, 6.07) is 4.96. The van der Waals surface area contributed by atoms with Crippen molar-refractivity contribution in [2.45, 2.75) is 26.8 Å². The van der Waals surface area contributed by atoms with Crippen LogP contribution in [0.3, 0.4) is 0 Å². The first-order chi connectivity index (χ1) is 13.7. The quantitative estimate of drug-likeness (QED) is 0.412. The topological polar surface area (TPSA) is 128 Å². The standard InChI is InChI=1S/C19H22N2O8/c1-5-28-10-20-11(2)15(18(22)27-4)16(17(12(20)3)29-19(23)24)13-7-6-8-14(9-13)21(25)26/h6-9,11H,5,10H2,1-4H3,(H,23,24). The highest BCUT2D eigenvalue weighted by atomic mass is 16.7. The predicted molar refractivity (Wildman–Crippen MR) is 102 cm³/mol. The Morgan fingerprint density at radius 2 is 2.03 bits per heavy atom. The molecule has 1 unspecified atom stereocenters. The SMILES string of the molecule is CCOCN1C(C)=C(OC(=O)O)C(c2cccc([N+](=O)[O-])c2)=C(C(=O)OC)C1C. The molecule has 0 aromatic heterocycles. The van der Waals surface area contributed by atoms with Crippen LogP contribution in [0, 0.1) is 10.1 Å². The van der Waals surface area contributed by atoms with Gasteiger partial charge in [0.25, 0.3) is 5.69 Å². The molecule has 1 N–H and O–H groups in total. The second-order valence-electron chi connectivity index (χ2n) is 6.14. The maximum Gasteiger partial charge on any atom is 0.511 e. The molecule has 1 atom stereocenters. The first kappa shape index (κ1) is 21.9. The molecule has 156 valence electrons. The lowest BCUT2D eigenvalue weighted by molar-refractivity contribution is -0.384. The van der Waals surface area contributed by atoms with E-state index in [9.17, 15) is 24.8 Å². The lowest BCUT2D eigenvalue weighted by Gasteiger charge is -2.38. The van der Waals surface area contributed by atoms with Crippen molar-refractivity contribution >= 4 is 23.4 Å². The molecule has 1 aliphatic rings. The Morgan fingerprint density at radius 3 is 2.59 bits per heavy atom. The van der Waals surface area contributed by atoms with Crippen molar-refractivity contribution < 1.29 is 33.8 Å². The number of non-ortho nitro benzene ring substituents is 1. The van der Waals surface area contributed by atoms with Crippen LogP contribution in [0.1, 0.15) is 26.3 Å². The number of nitro groups is 1. The van der Waals surface area contributed by atoms with Crippen LogP contribution in [0.15, 0.2) is 41.3 Å². The van der Waals surface area contributed by atoms with Gasteiger partial charge in [-0.15, -0.1) is 0 Å². The van der Waals surface area contributed by atoms with Crippen molar-refractivity contribution in [2.24, 2.45) is 0 Å². The highest BCUT2D eigenvalue weighted by Crippen LogP contribution is 2.40. The van der Waals surface area contributed by atoms with E-state index >= 15 is 0 Å². The van der Waals surface area contributed by atoms with Gasteiger partial charge in [-0.3, -0.25) is 10.1 Å². The van der Waals surface area contributed by atoms with Crippen LogP contribution >= 0.6 is 0 Å². The minimum atomic E-state index is -1.59. The van der Waals surface area contributed by atoms with Crippen LogP contribution in [-0.4, -0.2) is 53.5 Å². The Hall–Kier alpha value is -3.40. The fourth-order valence-electron chi connectivity index (χ4n) is 3.14. The van der Waals surface area contributed by atoms with E-state index in [1.807, 2.05) is 0 Å². The summed E-state index contributed by atoms with van der Waals surface area (Å²) >= 11 is 0. The number of nitrogens with zero attached hydrogens (tertiary/aromatic N) is 2. The molecule has 0 fully saturated rings. The normalized spacial score (nSPS) is 16.7. The number of allylic oxidation sites excluding steroid dienone is 2. The molecule has 2 rings (SSSR count). The van der Waals surface area contributed by atoms with Crippen molar-refractivity contribution in [3.05, 3.63) is 57.0 Å². The van der Waals surface area contributed by atoms with Gasteiger partial charge in [0.15, 0.2) is 5.76 Å². The Labute approximate surface area is 167 Å². The van der Waals surface area contributed by atoms with Gasteiger partial charge in [0.05, 0.1) is 29.3 Å². The van der Waals surface area contributed by atoms with Crippen molar-refractivity contribution in [3.63, 3.8) is 0 Å². The molecule has 0 radical (unpaired) electrons. The number of carbonyl (C=O) groups is 2. The predicted octanol–water partition coefficient (Wildman–Crippen LogP) is 3.15. The van der Waals surface area contributed by atoms with Crippen LogP contribution in [-0.2, 0) is 19.0 Å². The summed E-state index contributed by atoms with van der Waals surface area (Å²) < 4.78 is 15.4. The summed E-state index contributed by atoms with van der Waals surface area (Å²) in [4.78, 5) is 36.3. The van der Waals surface area contributed by atoms with Gasteiger partial charge in [-0.1, -0.05) is 12.1 Å². The third-order valence-corrected chi connectivity index (χ3v) is 4.52. The zero-order valence-corrected chi connectivity index (χ0v) is 16.5. The van der Waals surface area contributed by atoms with Gasteiger partial charge >= 0.3 is 12.1 Å². The Balaban J connectivity index is 2.80. The van der Waals surface area contributed by atoms with E-state index in [1.54, 1.807) is 25.7 Å². The van der Waals surface area contributed by atoms with Crippen LogP contribution < -0.4 is 0 Å². The number of hydrogen-bond acceptors (Lipinski definition) is 8. The molecular formula is C19H22N2O8. The maximum atomic E-state index is 12.6. The summed E-state index contributed by atoms with van der Waals surface area (Å²) in [5.41, 5.74) is 0.687. The zero-order chi connectivity index (χ0) is 21.7. The minimum absolute atomic E-state index is 0.0820. The molecule has 1 aliphatic heterocycles. The van der Waals surface area contributed by atoms with Gasteiger partial charge in [-0.2, -0.15) is 0 Å². The molecule has 10 heteroatoms. The molecular weight excluding hydrogens is 384 g/mol. The molecule has 0 bridgehead atoms. The lowest BCUT2D eigenvalue weighted by Crippen LogP contribution is -2.41. The molecule has 10 nitrogen and oxygen atoms in total. The van der Waals surface area contributed by atoms with Crippen molar-refractivity contribution in [1.29, 1.82) is 0 Å². The molecule has 0 saturated carbocycles. The van der Waals surface area contributed by atoms with E-state index in [0.29, 0.717) is 12.3 Å². The molecule has 1 aromatic rings. The summed E-state index contributed by atoms with van der Waals surface area (Å²) in [6.45, 7) is 5.64. The zero-order valence-electron chi connectivity index (χ0n) is 16.5. The van der Waals surface area contributed by atoms with Crippen molar-refractivity contribution in [3.8, 4) is 0 Å². The van der Waals surface area contributed by atoms with E-state index in [4.69, 9.17) is 14.2 Å². The smallest absolute Gasteiger partial charge is 0.466 e. The summed E-state index contributed by atoms with van der Waals surface area (Å²) in [5.74, 6) is -0.823. The Morgan fingerprint density at radius 1 is 1.34 bits per heavy atom. The second kappa shape index (κ2) is 9.20. The number of hydrogen-bond donors (Lipinski definition) is 1. The van der Waals surface area contributed by atoms with Gasteiger partial charge in [0, 0.05) is 24.3 Å². The molecule has 29 heavy (non-hydrogen) atoms. The van der Waals surface area contributed by atoms with Crippen LogP contribution in [0.25, 0.3) is 5.57 Å². The molecule has 0 saturated heterocycles. The monoisotopic (exact) mass is 406 g/mol. The van der Waals surface area contributed by atoms with E-state index in [1.165, 1.54) is 31.4 Å². The number of rotatable bonds is 7. The first-order valence-electron chi connectivity index (χ1n) is 8.76. The van der Waals surface area contributed by atoms with Gasteiger partial charge in [-0.25, -0.2) is 9.59 Å². The molecule has 1 aromatic carbocycles. The van der Waals surface area contributed by atoms with E-state index in [-0.39, 0.29) is 34.9 Å². The Kier molecular flexibility index (Phi) is 6.94. The average molecular weight is 406 g/mol. The number of methoxy groups -OCH3 is 1. The first-order valence-corrected chi connectivity index (χ1v) is 8.76. The number of esters is 1. The minimum Gasteiger partial charge on any atom is -0.466 e. The highest BCUT2D eigenvalue weighted by Gasteiger charge is 2.37. The molecule has 0 amide bonds. The fourth-order valence-corrected chi connectivity index (χ4v) is 3.14. The van der Waals surface area contributed by atoms with E-state index < -0.39 is 23.1 Å². The van der Waals surface area contributed by atoms with Crippen molar-refractivity contribution in [1.82, 2.24) is 4.90 Å². The van der Waals surface area contributed by atoms with Crippen molar-refractivity contribution in [2.75, 3.05) is 20.4 Å². The highest BCUT2D eigenvalue weighted by molar-refractivity contribution is 6.03. The van der Waals surface area contributed by atoms with E-state index in [2.05, 4.69) is 0 Å². The third-order valence-electron chi connectivity index (χ3n) is 4.52. The number of ether oxygens (including phenoxy) is 3. The van der Waals surface area contributed by atoms with Gasteiger partial charge in [-0.05, 0) is 26.3 Å². The van der Waals surface area contributed by atoms with E-state index in [0.717, 1.165) is 0 Å². The average Bonchev–Trinajstić information content (AvgIpc) is 2.69. The summed E-state index contributed by atoms with van der Waals surface area (Å²) in [5, 5.41) is 20.4. The third kappa shape index (κ3) is 4.54. The fraction of sp³-hybridized carbons (Fsp3) is 0.368. The summed E-state index contributed by atoms with van der Waals surface area (Å²) in [7, 11) is 1.20. The van der Waals surface area contributed by atoms with Gasteiger partial charge in [0.1, 0.15) is 6.73 Å².